The average Bonchev–Trinajstić information content (AvgIpc) is 2.28. The number of anilines is 2. The van der Waals surface area contributed by atoms with Crippen molar-refractivity contribution < 1.29 is 4.74 Å². The highest BCUT2D eigenvalue weighted by Crippen LogP contribution is 2.19. The average molecular weight is 255 g/mol. The zero-order chi connectivity index (χ0) is 12.7. The normalized spacial score (nSPS) is 9.94. The molecule has 1 aromatic rings. The number of ether oxygens (including phenoxy) is 1. The van der Waals surface area contributed by atoms with Gasteiger partial charge in [0.25, 0.3) is 0 Å². The van der Waals surface area contributed by atoms with Gasteiger partial charge in [-0.3, -0.25) is 0 Å². The van der Waals surface area contributed by atoms with Gasteiger partial charge in [0.05, 0.1) is 19.1 Å². The van der Waals surface area contributed by atoms with Crippen molar-refractivity contribution in [1.82, 2.24) is 4.98 Å². The van der Waals surface area contributed by atoms with Crippen molar-refractivity contribution in [3.63, 3.8) is 0 Å². The number of nitrogens with zero attached hydrogens (tertiary/aromatic N) is 3. The van der Waals surface area contributed by atoms with Crippen LogP contribution in [-0.4, -0.2) is 31.8 Å². The molecule has 1 aromatic heterocycles. The Hall–Kier alpha value is -1.51. The molecule has 0 amide bonds. The van der Waals surface area contributed by atoms with Crippen LogP contribution in [0.4, 0.5) is 11.5 Å². The van der Waals surface area contributed by atoms with E-state index in [0.29, 0.717) is 42.8 Å². The molecule has 0 fully saturated rings. The summed E-state index contributed by atoms with van der Waals surface area (Å²) in [6.45, 7) is 1.77. The first-order valence-corrected chi connectivity index (χ1v) is 5.59. The first-order chi connectivity index (χ1) is 8.17. The SMILES string of the molecule is COCCN(CCC#N)c1cc(N)cc(Cl)n1. The maximum atomic E-state index is 8.62. The van der Waals surface area contributed by atoms with E-state index in [1.54, 1.807) is 19.2 Å². The third-order valence-electron chi connectivity index (χ3n) is 2.19. The molecule has 0 aliphatic rings. The largest absolute Gasteiger partial charge is 0.399 e. The lowest BCUT2D eigenvalue weighted by atomic mass is 10.3. The van der Waals surface area contributed by atoms with Crippen LogP contribution < -0.4 is 10.6 Å². The highest BCUT2D eigenvalue weighted by Gasteiger charge is 2.09. The van der Waals surface area contributed by atoms with Gasteiger partial charge in [0.1, 0.15) is 11.0 Å². The van der Waals surface area contributed by atoms with Crippen LogP contribution in [0.25, 0.3) is 0 Å². The zero-order valence-electron chi connectivity index (χ0n) is 9.69. The summed E-state index contributed by atoms with van der Waals surface area (Å²) in [7, 11) is 1.63. The second kappa shape index (κ2) is 6.94. The third-order valence-corrected chi connectivity index (χ3v) is 2.38. The fraction of sp³-hybridized carbons (Fsp3) is 0.455. The van der Waals surface area contributed by atoms with Gasteiger partial charge < -0.3 is 15.4 Å². The number of hydrogen-bond donors (Lipinski definition) is 1. The van der Waals surface area contributed by atoms with Crippen LogP contribution in [-0.2, 0) is 4.74 Å². The van der Waals surface area contributed by atoms with Gasteiger partial charge in [0, 0.05) is 32.0 Å². The number of rotatable bonds is 6. The molecule has 5 nitrogen and oxygen atoms in total. The van der Waals surface area contributed by atoms with Gasteiger partial charge in [-0.15, -0.1) is 0 Å². The first-order valence-electron chi connectivity index (χ1n) is 5.21. The highest BCUT2D eigenvalue weighted by molar-refractivity contribution is 6.29. The van der Waals surface area contributed by atoms with E-state index in [2.05, 4.69) is 11.1 Å². The Kier molecular flexibility index (Phi) is 5.53. The number of halogens is 1. The van der Waals surface area contributed by atoms with E-state index in [1.165, 1.54) is 0 Å². The van der Waals surface area contributed by atoms with Crippen molar-refractivity contribution in [2.75, 3.05) is 37.4 Å². The highest BCUT2D eigenvalue weighted by atomic mass is 35.5. The Morgan fingerprint density at radius 1 is 1.53 bits per heavy atom. The molecular weight excluding hydrogens is 240 g/mol. The van der Waals surface area contributed by atoms with Crippen molar-refractivity contribution in [3.8, 4) is 6.07 Å². The number of nitrogen functional groups attached to an aromatic ring is 1. The first kappa shape index (κ1) is 13.6. The molecule has 1 heterocycles. The van der Waals surface area contributed by atoms with E-state index in [4.69, 9.17) is 27.3 Å². The number of hydrogen-bond acceptors (Lipinski definition) is 5. The van der Waals surface area contributed by atoms with Gasteiger partial charge >= 0.3 is 0 Å². The number of methoxy groups -OCH3 is 1. The minimum atomic E-state index is 0.347. The summed E-state index contributed by atoms with van der Waals surface area (Å²) >= 11 is 5.85. The number of aromatic nitrogens is 1. The quantitative estimate of drug-likeness (QED) is 0.782. The van der Waals surface area contributed by atoms with E-state index in [0.717, 1.165) is 0 Å². The van der Waals surface area contributed by atoms with Crippen LogP contribution in [0.1, 0.15) is 6.42 Å². The molecular formula is C11H15ClN4O. The topological polar surface area (TPSA) is 75.2 Å². The molecule has 0 saturated heterocycles. The van der Waals surface area contributed by atoms with E-state index >= 15 is 0 Å². The molecule has 2 N–H and O–H groups in total. The second-order valence-electron chi connectivity index (χ2n) is 3.47. The van der Waals surface area contributed by atoms with Crippen LogP contribution >= 0.6 is 11.6 Å². The lowest BCUT2D eigenvalue weighted by Crippen LogP contribution is -2.29. The fourth-order valence-corrected chi connectivity index (χ4v) is 1.60. The fourth-order valence-electron chi connectivity index (χ4n) is 1.39. The summed E-state index contributed by atoms with van der Waals surface area (Å²) in [5.74, 6) is 0.669. The van der Waals surface area contributed by atoms with Crippen molar-refractivity contribution in [1.29, 1.82) is 5.26 Å². The van der Waals surface area contributed by atoms with Gasteiger partial charge in [0.15, 0.2) is 0 Å². The molecule has 0 unspecified atom stereocenters. The Bertz CT molecular complexity index is 385. The zero-order valence-corrected chi connectivity index (χ0v) is 10.4. The maximum Gasteiger partial charge on any atom is 0.133 e. The monoisotopic (exact) mass is 254 g/mol. The van der Waals surface area contributed by atoms with Crippen molar-refractivity contribution in [2.45, 2.75) is 6.42 Å². The number of nitrogens with two attached hydrogens (primary N) is 1. The van der Waals surface area contributed by atoms with E-state index in [-0.39, 0.29) is 0 Å². The molecule has 0 atom stereocenters. The number of nitriles is 1. The van der Waals surface area contributed by atoms with Gasteiger partial charge in [-0.1, -0.05) is 11.6 Å². The van der Waals surface area contributed by atoms with Gasteiger partial charge in [0.2, 0.25) is 0 Å². The van der Waals surface area contributed by atoms with E-state index in [1.807, 2.05) is 4.90 Å². The summed E-state index contributed by atoms with van der Waals surface area (Å²) in [6.07, 6.45) is 0.414. The Labute approximate surface area is 106 Å². The minimum Gasteiger partial charge on any atom is -0.399 e. The smallest absolute Gasteiger partial charge is 0.133 e. The van der Waals surface area contributed by atoms with E-state index < -0.39 is 0 Å². The molecule has 0 spiro atoms. The van der Waals surface area contributed by atoms with Gasteiger partial charge in [-0.05, 0) is 6.07 Å². The summed E-state index contributed by atoms with van der Waals surface area (Å²) in [5, 5.41) is 8.96. The molecule has 1 rings (SSSR count). The summed E-state index contributed by atoms with van der Waals surface area (Å²) < 4.78 is 5.02. The number of pyridine rings is 1. The summed E-state index contributed by atoms with van der Waals surface area (Å²) in [5.41, 5.74) is 6.26. The molecule has 0 aliphatic heterocycles. The van der Waals surface area contributed by atoms with Gasteiger partial charge in [-0.25, -0.2) is 4.98 Å². The molecule has 17 heavy (non-hydrogen) atoms. The Morgan fingerprint density at radius 3 is 2.88 bits per heavy atom. The summed E-state index contributed by atoms with van der Waals surface area (Å²) in [6, 6.07) is 5.42. The minimum absolute atomic E-state index is 0.347. The Balaban J connectivity index is 2.83. The lowest BCUT2D eigenvalue weighted by Gasteiger charge is -2.22. The van der Waals surface area contributed by atoms with Crippen LogP contribution in [0.3, 0.4) is 0 Å². The molecule has 0 saturated carbocycles. The molecule has 0 aliphatic carbocycles. The molecule has 92 valence electrons. The van der Waals surface area contributed by atoms with Gasteiger partial charge in [-0.2, -0.15) is 5.26 Å². The predicted octanol–water partition coefficient (Wildman–Crippen LogP) is 1.68. The van der Waals surface area contributed by atoms with Crippen molar-refractivity contribution in [3.05, 3.63) is 17.3 Å². The summed E-state index contributed by atoms with van der Waals surface area (Å²) in [4.78, 5) is 6.11. The molecule has 0 aromatic carbocycles. The van der Waals surface area contributed by atoms with Crippen LogP contribution in [0.5, 0.6) is 0 Å². The van der Waals surface area contributed by atoms with Crippen molar-refractivity contribution >= 4 is 23.1 Å². The maximum absolute atomic E-state index is 8.62. The Morgan fingerprint density at radius 2 is 2.29 bits per heavy atom. The second-order valence-corrected chi connectivity index (χ2v) is 3.86. The molecule has 6 heteroatoms. The molecule has 0 radical (unpaired) electrons. The predicted molar refractivity (Wildman–Crippen MR) is 68.0 cm³/mol. The lowest BCUT2D eigenvalue weighted by molar-refractivity contribution is 0.205. The van der Waals surface area contributed by atoms with Crippen LogP contribution in [0.15, 0.2) is 12.1 Å². The van der Waals surface area contributed by atoms with Crippen LogP contribution in [0.2, 0.25) is 5.15 Å². The van der Waals surface area contributed by atoms with Crippen LogP contribution in [0, 0.1) is 11.3 Å². The molecule has 0 bridgehead atoms. The van der Waals surface area contributed by atoms with Crippen molar-refractivity contribution in [2.24, 2.45) is 0 Å². The van der Waals surface area contributed by atoms with E-state index in [9.17, 15) is 0 Å². The third kappa shape index (κ3) is 4.47. The standard InChI is InChI=1S/C11H15ClN4O/c1-17-6-5-16(4-2-3-13)11-8-9(14)7-10(12)15-11/h7-8H,2,4-6H2,1H3,(H2,14,15).